The first-order chi connectivity index (χ1) is 15.9. The minimum atomic E-state index is -0.367. The van der Waals surface area contributed by atoms with Crippen LogP contribution >= 0.6 is 11.6 Å². The monoisotopic (exact) mass is 464 g/mol. The van der Waals surface area contributed by atoms with Crippen molar-refractivity contribution >= 4 is 45.9 Å². The van der Waals surface area contributed by atoms with E-state index < -0.39 is 0 Å². The number of aromatic nitrogens is 1. The molecule has 0 N–H and O–H groups in total. The van der Waals surface area contributed by atoms with Crippen LogP contribution in [0.2, 0.25) is 5.02 Å². The van der Waals surface area contributed by atoms with Crippen LogP contribution < -0.4 is 4.90 Å². The molecule has 0 bridgehead atoms. The quantitative estimate of drug-likeness (QED) is 0.598. The van der Waals surface area contributed by atoms with Crippen LogP contribution in [0, 0.1) is 5.92 Å². The molecular weight excluding hydrogens is 440 g/mol. The summed E-state index contributed by atoms with van der Waals surface area (Å²) in [6.07, 6.45) is 2.08. The third-order valence-electron chi connectivity index (χ3n) is 6.62. The SMILES string of the molecule is Cn1cc(C(=O)N2CCN(C(=O)C3CC(=O)N(c4ccc(Cl)cc4)C3)CC2)c2ccccc21. The molecule has 2 aliphatic heterocycles. The first kappa shape index (κ1) is 21.5. The van der Waals surface area contributed by atoms with Crippen LogP contribution in [-0.4, -0.2) is 64.8 Å². The summed E-state index contributed by atoms with van der Waals surface area (Å²) in [5.74, 6) is -0.449. The van der Waals surface area contributed by atoms with E-state index >= 15 is 0 Å². The fraction of sp³-hybridized carbons (Fsp3) is 0.320. The lowest BCUT2D eigenvalue weighted by Crippen LogP contribution is -2.52. The van der Waals surface area contributed by atoms with Crippen LogP contribution in [0.25, 0.3) is 10.9 Å². The molecule has 3 heterocycles. The molecular formula is C25H25ClN4O3. The zero-order chi connectivity index (χ0) is 23.1. The van der Waals surface area contributed by atoms with Crippen molar-refractivity contribution in [3.8, 4) is 0 Å². The Hall–Kier alpha value is -3.32. The Balaban J connectivity index is 1.22. The summed E-state index contributed by atoms with van der Waals surface area (Å²) in [5.41, 5.74) is 2.46. The van der Waals surface area contributed by atoms with E-state index in [4.69, 9.17) is 11.6 Å². The summed E-state index contributed by atoms with van der Waals surface area (Å²) in [6, 6.07) is 14.9. The normalized spacial score (nSPS) is 18.9. The minimum absolute atomic E-state index is 0.0103. The molecule has 1 unspecified atom stereocenters. The highest BCUT2D eigenvalue weighted by atomic mass is 35.5. The van der Waals surface area contributed by atoms with Gasteiger partial charge < -0.3 is 19.3 Å². The second-order valence-electron chi connectivity index (χ2n) is 8.67. The Labute approximate surface area is 197 Å². The molecule has 7 nitrogen and oxygen atoms in total. The third-order valence-corrected chi connectivity index (χ3v) is 6.87. The van der Waals surface area contributed by atoms with E-state index in [1.54, 1.807) is 34.1 Å². The average Bonchev–Trinajstić information content (AvgIpc) is 3.39. The third kappa shape index (κ3) is 3.97. The number of hydrogen-bond donors (Lipinski definition) is 0. The fourth-order valence-electron chi connectivity index (χ4n) is 4.81. The molecule has 1 aromatic heterocycles. The van der Waals surface area contributed by atoms with Crippen LogP contribution in [0.3, 0.4) is 0 Å². The lowest BCUT2D eigenvalue weighted by molar-refractivity contribution is -0.137. The molecule has 8 heteroatoms. The van der Waals surface area contributed by atoms with Crippen LogP contribution in [-0.2, 0) is 16.6 Å². The number of piperazine rings is 1. The van der Waals surface area contributed by atoms with Crippen molar-refractivity contribution in [1.82, 2.24) is 14.4 Å². The number of fused-ring (bicyclic) bond motifs is 1. The molecule has 1 atom stereocenters. The smallest absolute Gasteiger partial charge is 0.256 e. The maximum Gasteiger partial charge on any atom is 0.256 e. The van der Waals surface area contributed by atoms with Gasteiger partial charge in [0.1, 0.15) is 0 Å². The first-order valence-electron chi connectivity index (χ1n) is 11.1. The Bertz CT molecular complexity index is 1230. The molecule has 2 saturated heterocycles. The van der Waals surface area contributed by atoms with E-state index in [1.165, 1.54) is 0 Å². The van der Waals surface area contributed by atoms with Crippen molar-refractivity contribution in [1.29, 1.82) is 0 Å². The number of anilines is 1. The van der Waals surface area contributed by atoms with Gasteiger partial charge in [-0.25, -0.2) is 0 Å². The molecule has 0 radical (unpaired) electrons. The van der Waals surface area contributed by atoms with Gasteiger partial charge in [-0.3, -0.25) is 14.4 Å². The Morgan fingerprint density at radius 3 is 2.33 bits per heavy atom. The van der Waals surface area contributed by atoms with Gasteiger partial charge in [-0.05, 0) is 30.3 Å². The summed E-state index contributed by atoms with van der Waals surface area (Å²) in [6.45, 7) is 2.28. The second kappa shape index (κ2) is 8.56. The van der Waals surface area contributed by atoms with Crippen molar-refractivity contribution < 1.29 is 14.4 Å². The number of benzene rings is 2. The number of nitrogens with zero attached hydrogens (tertiary/aromatic N) is 4. The van der Waals surface area contributed by atoms with Crippen molar-refractivity contribution in [2.45, 2.75) is 6.42 Å². The van der Waals surface area contributed by atoms with E-state index in [1.807, 2.05) is 47.0 Å². The van der Waals surface area contributed by atoms with Gasteiger partial charge in [-0.1, -0.05) is 29.8 Å². The Morgan fingerprint density at radius 1 is 0.939 bits per heavy atom. The summed E-state index contributed by atoms with van der Waals surface area (Å²) >= 11 is 5.94. The van der Waals surface area contributed by atoms with Crippen LogP contribution in [0.15, 0.2) is 54.7 Å². The van der Waals surface area contributed by atoms with Crippen molar-refractivity contribution in [3.05, 3.63) is 65.3 Å². The largest absolute Gasteiger partial charge is 0.350 e. The lowest BCUT2D eigenvalue weighted by atomic mass is 10.1. The van der Waals surface area contributed by atoms with Gasteiger partial charge in [-0.15, -0.1) is 0 Å². The van der Waals surface area contributed by atoms with Gasteiger partial charge in [0.2, 0.25) is 11.8 Å². The molecule has 0 saturated carbocycles. The fourth-order valence-corrected chi connectivity index (χ4v) is 4.94. The number of rotatable bonds is 3. The zero-order valence-electron chi connectivity index (χ0n) is 18.4. The standard InChI is InChI=1S/C25H25ClN4O3/c1-27-16-21(20-4-2-3-5-22(20)27)25(33)29-12-10-28(11-13-29)24(32)17-14-23(31)30(15-17)19-8-6-18(26)7-9-19/h2-9,16-17H,10-15H2,1H3. The predicted octanol–water partition coefficient (Wildman–Crippen LogP) is 3.17. The molecule has 5 rings (SSSR count). The maximum absolute atomic E-state index is 13.2. The molecule has 0 aliphatic carbocycles. The van der Waals surface area contributed by atoms with Crippen LogP contribution in [0.5, 0.6) is 0 Å². The highest BCUT2D eigenvalue weighted by Gasteiger charge is 2.38. The number of hydrogen-bond acceptors (Lipinski definition) is 3. The lowest BCUT2D eigenvalue weighted by Gasteiger charge is -2.35. The first-order valence-corrected chi connectivity index (χ1v) is 11.5. The van der Waals surface area contributed by atoms with Gasteiger partial charge >= 0.3 is 0 Å². The predicted molar refractivity (Wildman–Crippen MR) is 127 cm³/mol. The summed E-state index contributed by atoms with van der Waals surface area (Å²) in [4.78, 5) is 44.1. The van der Waals surface area contributed by atoms with Crippen molar-refractivity contribution in [2.24, 2.45) is 13.0 Å². The molecule has 3 amide bonds. The summed E-state index contributed by atoms with van der Waals surface area (Å²) < 4.78 is 1.96. The van der Waals surface area contributed by atoms with E-state index in [2.05, 4.69) is 0 Å². The number of para-hydroxylation sites is 1. The molecule has 3 aromatic rings. The van der Waals surface area contributed by atoms with Crippen LogP contribution in [0.4, 0.5) is 5.69 Å². The van der Waals surface area contributed by atoms with E-state index in [0.29, 0.717) is 43.3 Å². The Morgan fingerprint density at radius 2 is 1.61 bits per heavy atom. The zero-order valence-corrected chi connectivity index (χ0v) is 19.2. The molecule has 2 aromatic carbocycles. The summed E-state index contributed by atoms with van der Waals surface area (Å²) in [5, 5.41) is 1.55. The molecule has 2 aliphatic rings. The summed E-state index contributed by atoms with van der Waals surface area (Å²) in [7, 11) is 1.94. The molecule has 0 spiro atoms. The van der Waals surface area contributed by atoms with Crippen molar-refractivity contribution in [2.75, 3.05) is 37.6 Å². The van der Waals surface area contributed by atoms with Gasteiger partial charge in [0.05, 0.1) is 11.5 Å². The van der Waals surface area contributed by atoms with E-state index in [9.17, 15) is 14.4 Å². The number of carbonyl (C=O) groups excluding carboxylic acids is 3. The number of amides is 3. The molecule has 170 valence electrons. The molecule has 2 fully saturated rings. The van der Waals surface area contributed by atoms with E-state index in [-0.39, 0.29) is 30.1 Å². The average molecular weight is 465 g/mol. The minimum Gasteiger partial charge on any atom is -0.350 e. The topological polar surface area (TPSA) is 65.9 Å². The van der Waals surface area contributed by atoms with Gasteiger partial charge in [-0.2, -0.15) is 0 Å². The molecule has 33 heavy (non-hydrogen) atoms. The second-order valence-corrected chi connectivity index (χ2v) is 9.11. The Kier molecular flexibility index (Phi) is 5.58. The van der Waals surface area contributed by atoms with Gasteiger partial charge in [0, 0.05) is 74.0 Å². The highest BCUT2D eigenvalue weighted by Crippen LogP contribution is 2.28. The number of carbonyl (C=O) groups is 3. The number of halogens is 1. The van der Waals surface area contributed by atoms with Gasteiger partial charge in [0.25, 0.3) is 5.91 Å². The van der Waals surface area contributed by atoms with Crippen LogP contribution in [0.1, 0.15) is 16.8 Å². The highest BCUT2D eigenvalue weighted by molar-refractivity contribution is 6.30. The van der Waals surface area contributed by atoms with Crippen molar-refractivity contribution in [3.63, 3.8) is 0 Å². The van der Waals surface area contributed by atoms with Gasteiger partial charge in [0.15, 0.2) is 0 Å². The maximum atomic E-state index is 13.2. The van der Waals surface area contributed by atoms with E-state index in [0.717, 1.165) is 16.6 Å². The number of aryl methyl sites for hydroxylation is 1.